The van der Waals surface area contributed by atoms with Gasteiger partial charge in [0.1, 0.15) is 5.82 Å². The molecule has 0 atom stereocenters. The summed E-state index contributed by atoms with van der Waals surface area (Å²) in [6.45, 7) is -0.165. The molecule has 1 aliphatic rings. The van der Waals surface area contributed by atoms with Gasteiger partial charge in [-0.25, -0.2) is 13.2 Å². The number of halogens is 7. The fourth-order valence-corrected chi connectivity index (χ4v) is 4.24. The van der Waals surface area contributed by atoms with Crippen LogP contribution in [0.15, 0.2) is 35.2 Å². The Morgan fingerprint density at radius 1 is 1.16 bits per heavy atom. The van der Waals surface area contributed by atoms with Crippen LogP contribution in [0.2, 0.25) is 5.02 Å². The number of nitrogens with zero attached hydrogens (tertiary/aromatic N) is 1. The van der Waals surface area contributed by atoms with Crippen molar-refractivity contribution in [1.82, 2.24) is 0 Å². The van der Waals surface area contributed by atoms with Crippen molar-refractivity contribution in [2.75, 3.05) is 29.6 Å². The first kappa shape index (κ1) is 24.6. The minimum Gasteiger partial charge on any atom is -0.371 e. The predicted molar refractivity (Wildman–Crippen MR) is 114 cm³/mol. The SMILES string of the molecule is CSc1cc(NC(=O)c2cc(Cl)c(C(F)(F)F)cc2N2CCCC(F)(F)CC2)ccc1F. The summed E-state index contributed by atoms with van der Waals surface area (Å²) in [5.41, 5.74) is -1.26. The number of amides is 1. The lowest BCUT2D eigenvalue weighted by Crippen LogP contribution is -2.29. The maximum atomic E-state index is 13.8. The van der Waals surface area contributed by atoms with Gasteiger partial charge in [0.05, 0.1) is 21.8 Å². The third-order valence-corrected chi connectivity index (χ3v) is 6.17. The minimum absolute atomic E-state index is 0.0487. The zero-order valence-electron chi connectivity index (χ0n) is 16.8. The summed E-state index contributed by atoms with van der Waals surface area (Å²) >= 11 is 6.94. The third kappa shape index (κ3) is 5.64. The Balaban J connectivity index is 2.02. The summed E-state index contributed by atoms with van der Waals surface area (Å²) in [6.07, 6.45) is -4.04. The van der Waals surface area contributed by atoms with E-state index >= 15 is 0 Å². The molecule has 174 valence electrons. The number of anilines is 2. The molecule has 0 radical (unpaired) electrons. The zero-order chi connectivity index (χ0) is 23.7. The molecule has 2 aromatic carbocycles. The molecule has 1 heterocycles. The van der Waals surface area contributed by atoms with Crippen molar-refractivity contribution in [2.24, 2.45) is 0 Å². The second kappa shape index (κ2) is 9.43. The quantitative estimate of drug-likeness (QED) is 0.362. The highest BCUT2D eigenvalue weighted by molar-refractivity contribution is 7.98. The minimum atomic E-state index is -4.79. The van der Waals surface area contributed by atoms with Crippen LogP contribution in [-0.2, 0) is 6.18 Å². The average molecular weight is 497 g/mol. The molecular weight excluding hydrogens is 478 g/mol. The molecule has 11 heteroatoms. The second-order valence-electron chi connectivity index (χ2n) is 7.35. The van der Waals surface area contributed by atoms with Crippen LogP contribution in [0, 0.1) is 5.82 Å². The summed E-state index contributed by atoms with van der Waals surface area (Å²) in [4.78, 5) is 14.6. The maximum absolute atomic E-state index is 13.8. The maximum Gasteiger partial charge on any atom is 0.417 e. The van der Waals surface area contributed by atoms with Gasteiger partial charge in [-0.1, -0.05) is 11.6 Å². The van der Waals surface area contributed by atoms with Crippen LogP contribution in [0.4, 0.5) is 37.7 Å². The van der Waals surface area contributed by atoms with Crippen LogP contribution in [0.1, 0.15) is 35.2 Å². The van der Waals surface area contributed by atoms with E-state index in [-0.39, 0.29) is 41.3 Å². The highest BCUT2D eigenvalue weighted by Crippen LogP contribution is 2.40. The number of nitrogens with one attached hydrogen (secondary N) is 1. The Bertz CT molecular complexity index is 1010. The molecule has 0 aromatic heterocycles. The van der Waals surface area contributed by atoms with Gasteiger partial charge in [0.15, 0.2) is 0 Å². The van der Waals surface area contributed by atoms with Gasteiger partial charge < -0.3 is 10.2 Å². The third-order valence-electron chi connectivity index (χ3n) is 5.10. The van der Waals surface area contributed by atoms with Gasteiger partial charge in [-0.3, -0.25) is 4.79 Å². The number of alkyl halides is 5. The molecule has 0 saturated carbocycles. The van der Waals surface area contributed by atoms with Crippen molar-refractivity contribution in [3.8, 4) is 0 Å². The largest absolute Gasteiger partial charge is 0.417 e. The number of carbonyl (C=O) groups excluding carboxylic acids is 1. The standard InChI is InChI=1S/C21H19ClF6N2OS/c1-32-18-9-12(3-4-16(18)23)29-19(31)13-10-15(22)14(21(26,27)28)11-17(13)30-7-2-5-20(24,25)6-8-30/h3-4,9-11H,2,5-8H2,1H3,(H,29,31). The van der Waals surface area contributed by atoms with Crippen LogP contribution in [-0.4, -0.2) is 31.2 Å². The van der Waals surface area contributed by atoms with Crippen LogP contribution in [0.5, 0.6) is 0 Å². The molecule has 0 aliphatic carbocycles. The van der Waals surface area contributed by atoms with Crippen molar-refractivity contribution in [3.05, 3.63) is 52.3 Å². The molecule has 1 saturated heterocycles. The molecule has 1 aliphatic heterocycles. The number of thioether (sulfide) groups is 1. The predicted octanol–water partition coefficient (Wildman–Crippen LogP) is 7.10. The van der Waals surface area contributed by atoms with Gasteiger partial charge in [-0.2, -0.15) is 13.2 Å². The summed E-state index contributed by atoms with van der Waals surface area (Å²) < 4.78 is 81.6. The zero-order valence-corrected chi connectivity index (χ0v) is 18.4. The fraction of sp³-hybridized carbons (Fsp3) is 0.381. The lowest BCUT2D eigenvalue weighted by molar-refractivity contribution is -0.137. The molecule has 1 amide bonds. The molecule has 2 aromatic rings. The lowest BCUT2D eigenvalue weighted by atomic mass is 10.1. The Kier molecular flexibility index (Phi) is 7.24. The molecule has 0 spiro atoms. The van der Waals surface area contributed by atoms with Gasteiger partial charge in [0, 0.05) is 36.5 Å². The molecule has 32 heavy (non-hydrogen) atoms. The number of hydrogen-bond donors (Lipinski definition) is 1. The molecule has 0 unspecified atom stereocenters. The van der Waals surface area contributed by atoms with Crippen molar-refractivity contribution >= 4 is 40.6 Å². The van der Waals surface area contributed by atoms with Crippen molar-refractivity contribution in [3.63, 3.8) is 0 Å². The highest BCUT2D eigenvalue weighted by atomic mass is 35.5. The molecular formula is C21H19ClF6N2OS. The van der Waals surface area contributed by atoms with Crippen molar-refractivity contribution in [2.45, 2.75) is 36.3 Å². The van der Waals surface area contributed by atoms with E-state index in [1.165, 1.54) is 17.0 Å². The molecule has 0 bridgehead atoms. The Hall–Kier alpha value is -2.07. The Morgan fingerprint density at radius 3 is 2.53 bits per heavy atom. The van der Waals surface area contributed by atoms with Gasteiger partial charge in [-0.05, 0) is 43.0 Å². The van der Waals surface area contributed by atoms with E-state index in [2.05, 4.69) is 5.32 Å². The van der Waals surface area contributed by atoms with E-state index in [4.69, 9.17) is 11.6 Å². The van der Waals surface area contributed by atoms with Crippen molar-refractivity contribution in [1.29, 1.82) is 0 Å². The van der Waals surface area contributed by atoms with Crippen molar-refractivity contribution < 1.29 is 31.1 Å². The van der Waals surface area contributed by atoms with Gasteiger partial charge in [-0.15, -0.1) is 11.8 Å². The van der Waals surface area contributed by atoms with Crippen LogP contribution in [0.3, 0.4) is 0 Å². The Labute approximate surface area is 190 Å². The van der Waals surface area contributed by atoms with E-state index in [1.54, 1.807) is 6.26 Å². The highest BCUT2D eigenvalue weighted by Gasteiger charge is 2.37. The van der Waals surface area contributed by atoms with E-state index in [0.717, 1.165) is 30.0 Å². The summed E-state index contributed by atoms with van der Waals surface area (Å²) in [5.74, 6) is -4.21. The lowest BCUT2D eigenvalue weighted by Gasteiger charge is -2.27. The number of hydrogen-bond acceptors (Lipinski definition) is 3. The molecule has 3 nitrogen and oxygen atoms in total. The van der Waals surface area contributed by atoms with Crippen LogP contribution < -0.4 is 10.2 Å². The fourth-order valence-electron chi connectivity index (χ4n) is 3.46. The normalized spacial score (nSPS) is 16.6. The summed E-state index contributed by atoms with van der Waals surface area (Å²) in [5, 5.41) is 1.84. The average Bonchev–Trinajstić information content (AvgIpc) is 2.88. The summed E-state index contributed by atoms with van der Waals surface area (Å²) in [7, 11) is 0. The first-order valence-electron chi connectivity index (χ1n) is 9.60. The van der Waals surface area contributed by atoms with E-state index in [9.17, 15) is 31.1 Å². The smallest absolute Gasteiger partial charge is 0.371 e. The number of rotatable bonds is 4. The van der Waals surface area contributed by atoms with Gasteiger partial charge in [0.2, 0.25) is 5.92 Å². The summed E-state index contributed by atoms with van der Waals surface area (Å²) in [6, 6.07) is 5.45. The first-order valence-corrected chi connectivity index (χ1v) is 11.2. The van der Waals surface area contributed by atoms with Gasteiger partial charge in [0.25, 0.3) is 5.91 Å². The van der Waals surface area contributed by atoms with E-state index in [1.807, 2.05) is 0 Å². The Morgan fingerprint density at radius 2 is 1.88 bits per heavy atom. The molecule has 3 rings (SSSR count). The van der Waals surface area contributed by atoms with E-state index < -0.39 is 47.3 Å². The number of benzene rings is 2. The molecule has 1 N–H and O–H groups in total. The van der Waals surface area contributed by atoms with Gasteiger partial charge >= 0.3 is 6.18 Å². The monoisotopic (exact) mass is 496 g/mol. The van der Waals surface area contributed by atoms with Crippen LogP contribution >= 0.6 is 23.4 Å². The van der Waals surface area contributed by atoms with E-state index in [0.29, 0.717) is 0 Å². The second-order valence-corrected chi connectivity index (χ2v) is 8.60. The van der Waals surface area contributed by atoms with Crippen LogP contribution in [0.25, 0.3) is 0 Å². The molecule has 1 fully saturated rings. The number of carbonyl (C=O) groups is 1. The first-order chi connectivity index (χ1) is 14.9. The topological polar surface area (TPSA) is 32.3 Å².